The van der Waals surface area contributed by atoms with E-state index in [9.17, 15) is 8.42 Å². The molecule has 2 aliphatic heterocycles. The van der Waals surface area contributed by atoms with Crippen LogP contribution in [0.25, 0.3) is 6.08 Å². The molecule has 2 atom stereocenters. The van der Waals surface area contributed by atoms with Crippen molar-refractivity contribution in [3.8, 4) is 11.5 Å². The van der Waals surface area contributed by atoms with E-state index in [2.05, 4.69) is 11.9 Å². The highest BCUT2D eigenvalue weighted by molar-refractivity contribution is 7.91. The minimum Gasteiger partial charge on any atom is -0.497 e. The quantitative estimate of drug-likeness (QED) is 0.680. The molecule has 0 radical (unpaired) electrons. The maximum atomic E-state index is 12.9. The average Bonchev–Trinajstić information content (AvgIpc) is 3.11. The summed E-state index contributed by atoms with van der Waals surface area (Å²) in [5.41, 5.74) is 3.65. The van der Waals surface area contributed by atoms with Gasteiger partial charge in [-0.15, -0.1) is 0 Å². The van der Waals surface area contributed by atoms with Crippen molar-refractivity contribution in [2.75, 3.05) is 32.3 Å². The predicted octanol–water partition coefficient (Wildman–Crippen LogP) is 3.95. The topological polar surface area (TPSA) is 68.2 Å². The van der Waals surface area contributed by atoms with Gasteiger partial charge >= 0.3 is 0 Å². The zero-order chi connectivity index (χ0) is 22.0. The van der Waals surface area contributed by atoms with Crippen LogP contribution in [0.15, 0.2) is 59.2 Å². The number of hydrazone groups is 1. The monoisotopic (exact) mass is 440 g/mol. The smallest absolute Gasteiger partial charge is 0.155 e. The van der Waals surface area contributed by atoms with Gasteiger partial charge in [0.2, 0.25) is 0 Å². The number of sulfone groups is 1. The zero-order valence-electron chi connectivity index (χ0n) is 18.1. The summed E-state index contributed by atoms with van der Waals surface area (Å²) in [6.45, 7) is 2.88. The molecular formula is C24H28N2O4S. The molecule has 2 unspecified atom stereocenters. The summed E-state index contributed by atoms with van der Waals surface area (Å²) in [7, 11) is 0.0274. The number of fused-ring (bicyclic) bond motifs is 1. The molecule has 0 N–H and O–H groups in total. The normalized spacial score (nSPS) is 23.4. The Labute approximate surface area is 184 Å². The van der Waals surface area contributed by atoms with Crippen LogP contribution in [0.2, 0.25) is 0 Å². The maximum Gasteiger partial charge on any atom is 0.155 e. The van der Waals surface area contributed by atoms with E-state index >= 15 is 0 Å². The maximum absolute atomic E-state index is 12.9. The van der Waals surface area contributed by atoms with E-state index < -0.39 is 9.84 Å². The fraction of sp³-hybridized carbons (Fsp3) is 0.375. The van der Waals surface area contributed by atoms with Gasteiger partial charge in [-0.2, -0.15) is 5.10 Å². The Bertz CT molecular complexity index is 1090. The fourth-order valence-corrected chi connectivity index (χ4v) is 6.10. The van der Waals surface area contributed by atoms with Gasteiger partial charge in [0.1, 0.15) is 11.5 Å². The lowest BCUT2D eigenvalue weighted by Gasteiger charge is -2.30. The SMILES string of the molecule is CCCN1N=C2C(=Cc3ccc(OC)cc3)CS(=O)(=O)CC2C1c1ccc(OC)cc1. The van der Waals surface area contributed by atoms with Crippen molar-refractivity contribution >= 4 is 21.6 Å². The van der Waals surface area contributed by atoms with E-state index in [1.807, 2.05) is 54.6 Å². The van der Waals surface area contributed by atoms with Crippen molar-refractivity contribution in [2.24, 2.45) is 11.0 Å². The molecule has 6 nitrogen and oxygen atoms in total. The second-order valence-corrected chi connectivity index (χ2v) is 10.1. The lowest BCUT2D eigenvalue weighted by molar-refractivity contribution is 0.208. The first kappa shape index (κ1) is 21.4. The van der Waals surface area contributed by atoms with Crippen LogP contribution in [0.5, 0.6) is 11.5 Å². The van der Waals surface area contributed by atoms with E-state index in [0.717, 1.165) is 46.9 Å². The van der Waals surface area contributed by atoms with Crippen LogP contribution in [-0.4, -0.2) is 51.4 Å². The third kappa shape index (κ3) is 4.46. The van der Waals surface area contributed by atoms with Crippen molar-refractivity contribution in [3.63, 3.8) is 0 Å². The lowest BCUT2D eigenvalue weighted by atomic mass is 9.87. The summed E-state index contributed by atoms with van der Waals surface area (Å²) in [6.07, 6.45) is 2.88. The molecule has 2 aromatic rings. The second kappa shape index (κ2) is 8.75. The molecule has 164 valence electrons. The largest absolute Gasteiger partial charge is 0.497 e. The van der Waals surface area contributed by atoms with Crippen LogP contribution in [-0.2, 0) is 9.84 Å². The first-order valence-corrected chi connectivity index (χ1v) is 12.3. The standard InChI is InChI=1S/C24H28N2O4S/c1-4-13-26-24(18-7-11-21(30-3)12-8-18)22-16-31(27,28)15-19(23(22)25-26)14-17-5-9-20(29-2)10-6-17/h5-12,14,22,24H,4,13,15-16H2,1-3H3. The van der Waals surface area contributed by atoms with Crippen molar-refractivity contribution in [1.29, 1.82) is 0 Å². The number of methoxy groups -OCH3 is 2. The first-order valence-electron chi connectivity index (χ1n) is 10.5. The van der Waals surface area contributed by atoms with E-state index in [-0.39, 0.29) is 23.5 Å². The first-order chi connectivity index (χ1) is 14.9. The molecule has 0 bridgehead atoms. The van der Waals surface area contributed by atoms with Gasteiger partial charge in [0.05, 0.1) is 37.5 Å². The van der Waals surface area contributed by atoms with Crippen molar-refractivity contribution in [1.82, 2.24) is 5.01 Å². The van der Waals surface area contributed by atoms with Gasteiger partial charge in [-0.25, -0.2) is 8.42 Å². The summed E-state index contributed by atoms with van der Waals surface area (Å²) in [6, 6.07) is 15.4. The van der Waals surface area contributed by atoms with Gasteiger partial charge < -0.3 is 9.47 Å². The number of benzene rings is 2. The average molecular weight is 441 g/mol. The van der Waals surface area contributed by atoms with Crippen molar-refractivity contribution in [3.05, 3.63) is 65.2 Å². The summed E-state index contributed by atoms with van der Waals surface area (Å²) in [5, 5.41) is 7.00. The molecule has 4 rings (SSSR count). The Morgan fingerprint density at radius 3 is 2.23 bits per heavy atom. The molecule has 31 heavy (non-hydrogen) atoms. The molecular weight excluding hydrogens is 412 g/mol. The lowest BCUT2D eigenvalue weighted by Crippen LogP contribution is -2.37. The number of ether oxygens (including phenoxy) is 2. The molecule has 0 aromatic heterocycles. The van der Waals surface area contributed by atoms with E-state index in [1.54, 1.807) is 14.2 Å². The number of hydrogen-bond acceptors (Lipinski definition) is 6. The molecule has 0 amide bonds. The van der Waals surface area contributed by atoms with Gasteiger partial charge in [0.25, 0.3) is 0 Å². The molecule has 1 fully saturated rings. The van der Waals surface area contributed by atoms with Crippen LogP contribution in [0.4, 0.5) is 0 Å². The van der Waals surface area contributed by atoms with Crippen molar-refractivity contribution in [2.45, 2.75) is 19.4 Å². The molecule has 2 aromatic carbocycles. The molecule has 2 heterocycles. The summed E-state index contributed by atoms with van der Waals surface area (Å²) in [5.74, 6) is 1.49. The predicted molar refractivity (Wildman–Crippen MR) is 123 cm³/mol. The van der Waals surface area contributed by atoms with Gasteiger partial charge in [-0.1, -0.05) is 31.2 Å². The summed E-state index contributed by atoms with van der Waals surface area (Å²) < 4.78 is 36.3. The van der Waals surface area contributed by atoms with Crippen LogP contribution in [0, 0.1) is 5.92 Å². The molecule has 2 aliphatic rings. The minimum atomic E-state index is -3.24. The third-order valence-electron chi connectivity index (χ3n) is 5.79. The van der Waals surface area contributed by atoms with Crippen LogP contribution in [0.1, 0.15) is 30.5 Å². The Balaban J connectivity index is 1.74. The second-order valence-electron chi connectivity index (χ2n) is 7.97. The highest BCUT2D eigenvalue weighted by Crippen LogP contribution is 2.42. The molecule has 0 saturated carbocycles. The van der Waals surface area contributed by atoms with Crippen LogP contribution in [0.3, 0.4) is 0 Å². The van der Waals surface area contributed by atoms with E-state index in [0.29, 0.717) is 0 Å². The molecule has 7 heteroatoms. The zero-order valence-corrected chi connectivity index (χ0v) is 18.9. The summed E-state index contributed by atoms with van der Waals surface area (Å²) in [4.78, 5) is 0. The van der Waals surface area contributed by atoms with E-state index in [1.165, 1.54) is 0 Å². The highest BCUT2D eigenvalue weighted by atomic mass is 32.2. The Hall–Kier alpha value is -2.80. The number of rotatable bonds is 6. The van der Waals surface area contributed by atoms with Crippen molar-refractivity contribution < 1.29 is 17.9 Å². The Kier molecular flexibility index (Phi) is 6.05. The van der Waals surface area contributed by atoms with Crippen LogP contribution < -0.4 is 9.47 Å². The third-order valence-corrected chi connectivity index (χ3v) is 7.41. The molecule has 0 spiro atoms. The van der Waals surface area contributed by atoms with Gasteiger partial charge in [-0.05, 0) is 53.5 Å². The summed E-state index contributed by atoms with van der Waals surface area (Å²) >= 11 is 0. The number of nitrogens with zero attached hydrogens (tertiary/aromatic N) is 2. The van der Waals surface area contributed by atoms with Gasteiger partial charge in [-0.3, -0.25) is 5.01 Å². The number of hydrogen-bond donors (Lipinski definition) is 0. The molecule has 1 saturated heterocycles. The fourth-order valence-electron chi connectivity index (χ4n) is 4.39. The Morgan fingerprint density at radius 1 is 1.03 bits per heavy atom. The van der Waals surface area contributed by atoms with Crippen LogP contribution >= 0.6 is 0 Å². The minimum absolute atomic E-state index is 0.0175. The van der Waals surface area contributed by atoms with E-state index in [4.69, 9.17) is 14.6 Å². The molecule has 0 aliphatic carbocycles. The van der Waals surface area contributed by atoms with Gasteiger partial charge in [0, 0.05) is 12.5 Å². The Morgan fingerprint density at radius 2 is 1.65 bits per heavy atom. The highest BCUT2D eigenvalue weighted by Gasteiger charge is 2.45. The van der Waals surface area contributed by atoms with Gasteiger partial charge in [0.15, 0.2) is 9.84 Å².